The highest BCUT2D eigenvalue weighted by molar-refractivity contribution is 7.11. The van der Waals surface area contributed by atoms with Gasteiger partial charge in [0.15, 0.2) is 0 Å². The number of rotatable bonds is 3. The van der Waals surface area contributed by atoms with Crippen molar-refractivity contribution in [2.24, 2.45) is 0 Å². The molecule has 0 bridgehead atoms. The third-order valence-corrected chi connectivity index (χ3v) is 3.85. The third kappa shape index (κ3) is 2.08. The number of H-pyrrole nitrogens is 1. The molecule has 2 aromatic heterocycles. The second kappa shape index (κ2) is 4.30. The van der Waals surface area contributed by atoms with Crippen molar-refractivity contribution < 1.29 is 0 Å². The zero-order valence-corrected chi connectivity index (χ0v) is 10.4. The Hall–Kier alpha value is -1.68. The predicted molar refractivity (Wildman–Crippen MR) is 70.4 cm³/mol. The van der Waals surface area contributed by atoms with Crippen LogP contribution in [0.5, 0.6) is 0 Å². The van der Waals surface area contributed by atoms with E-state index in [0.29, 0.717) is 0 Å². The van der Waals surface area contributed by atoms with Crippen molar-refractivity contribution in [2.75, 3.05) is 0 Å². The number of hydrogen-bond acceptors (Lipinski definition) is 3. The summed E-state index contributed by atoms with van der Waals surface area (Å²) in [6.07, 6.45) is 3.81. The minimum absolute atomic E-state index is 0.791. The number of aryl methyl sites for hydroxylation is 1. The molecular weight excluding hydrogens is 230 g/mol. The van der Waals surface area contributed by atoms with E-state index < -0.39 is 0 Å². The molecule has 2 heterocycles. The summed E-state index contributed by atoms with van der Waals surface area (Å²) in [4.78, 5) is 13.6. The van der Waals surface area contributed by atoms with Crippen molar-refractivity contribution in [3.05, 3.63) is 46.2 Å². The number of aromatic nitrogens is 3. The second-order valence-corrected chi connectivity index (χ2v) is 5.15. The highest BCUT2D eigenvalue weighted by atomic mass is 32.1. The molecule has 3 nitrogen and oxygen atoms in total. The molecule has 0 fully saturated rings. The van der Waals surface area contributed by atoms with Crippen LogP contribution in [0.4, 0.5) is 0 Å². The molecule has 3 aromatic rings. The number of aromatic amines is 1. The van der Waals surface area contributed by atoms with E-state index in [1.54, 1.807) is 11.3 Å². The largest absolute Gasteiger partial charge is 0.342 e. The van der Waals surface area contributed by atoms with Gasteiger partial charge < -0.3 is 4.98 Å². The third-order valence-electron chi connectivity index (χ3n) is 2.71. The Kier molecular flexibility index (Phi) is 2.65. The van der Waals surface area contributed by atoms with Gasteiger partial charge in [-0.3, -0.25) is 0 Å². The number of para-hydroxylation sites is 2. The molecule has 4 heteroatoms. The Bertz CT molecular complexity index is 606. The molecular formula is C13H13N3S. The van der Waals surface area contributed by atoms with Crippen LogP contribution in [-0.4, -0.2) is 15.0 Å². The molecule has 0 spiro atoms. The van der Waals surface area contributed by atoms with Gasteiger partial charge in [0.25, 0.3) is 0 Å². The van der Waals surface area contributed by atoms with Crippen LogP contribution in [0, 0.1) is 0 Å². The summed E-state index contributed by atoms with van der Waals surface area (Å²) in [6, 6.07) is 8.09. The molecule has 0 aliphatic heterocycles. The molecule has 0 radical (unpaired) electrons. The lowest BCUT2D eigenvalue weighted by molar-refractivity contribution is 1.02. The summed E-state index contributed by atoms with van der Waals surface area (Å²) in [7, 11) is 0. The van der Waals surface area contributed by atoms with Crippen molar-refractivity contribution in [1.29, 1.82) is 0 Å². The van der Waals surface area contributed by atoms with E-state index in [2.05, 4.69) is 21.9 Å². The number of fused-ring (bicyclic) bond motifs is 1. The molecule has 1 aromatic carbocycles. The van der Waals surface area contributed by atoms with Crippen LogP contribution in [0.15, 0.2) is 30.5 Å². The zero-order valence-electron chi connectivity index (χ0n) is 9.60. The van der Waals surface area contributed by atoms with Crippen LogP contribution >= 0.6 is 11.3 Å². The summed E-state index contributed by atoms with van der Waals surface area (Å²) in [5.74, 6) is 0.989. The van der Waals surface area contributed by atoms with E-state index in [1.165, 1.54) is 4.88 Å². The molecule has 0 unspecified atom stereocenters. The standard InChI is InChI=1S/C13H13N3S/c1-2-9-8-14-13(17-9)7-12-15-10-5-3-4-6-11(10)16-12/h3-6,8H,2,7H2,1H3,(H,15,16). The van der Waals surface area contributed by atoms with E-state index >= 15 is 0 Å². The van der Waals surface area contributed by atoms with Crippen LogP contribution in [0.1, 0.15) is 22.6 Å². The lowest BCUT2D eigenvalue weighted by Gasteiger charge is -1.90. The molecule has 86 valence electrons. The van der Waals surface area contributed by atoms with Crippen molar-refractivity contribution >= 4 is 22.4 Å². The summed E-state index contributed by atoms with van der Waals surface area (Å²) in [5, 5.41) is 1.13. The van der Waals surface area contributed by atoms with Crippen molar-refractivity contribution in [1.82, 2.24) is 15.0 Å². The average Bonchev–Trinajstić information content (AvgIpc) is 2.94. The zero-order chi connectivity index (χ0) is 11.7. The van der Waals surface area contributed by atoms with Gasteiger partial charge in [0.1, 0.15) is 10.8 Å². The fourth-order valence-electron chi connectivity index (χ4n) is 1.83. The molecule has 0 amide bonds. The van der Waals surface area contributed by atoms with E-state index in [0.717, 1.165) is 34.7 Å². The van der Waals surface area contributed by atoms with Crippen LogP contribution in [0.3, 0.4) is 0 Å². The van der Waals surface area contributed by atoms with Crippen molar-refractivity contribution in [2.45, 2.75) is 19.8 Å². The molecule has 17 heavy (non-hydrogen) atoms. The molecule has 0 aliphatic carbocycles. The number of benzene rings is 1. The maximum Gasteiger partial charge on any atom is 0.114 e. The van der Waals surface area contributed by atoms with Crippen LogP contribution in [0.25, 0.3) is 11.0 Å². The van der Waals surface area contributed by atoms with E-state index in [9.17, 15) is 0 Å². The number of hydrogen-bond donors (Lipinski definition) is 1. The molecule has 1 N–H and O–H groups in total. The van der Waals surface area contributed by atoms with Crippen LogP contribution in [0.2, 0.25) is 0 Å². The molecule has 0 aliphatic rings. The Balaban J connectivity index is 1.89. The minimum atomic E-state index is 0.791. The Morgan fingerprint density at radius 2 is 2.18 bits per heavy atom. The lowest BCUT2D eigenvalue weighted by Crippen LogP contribution is -1.88. The summed E-state index contributed by atoms with van der Waals surface area (Å²) < 4.78 is 0. The molecule has 0 atom stereocenters. The molecule has 0 saturated carbocycles. The Morgan fingerprint density at radius 3 is 2.94 bits per heavy atom. The maximum atomic E-state index is 4.55. The van der Waals surface area contributed by atoms with Gasteiger partial charge in [0.05, 0.1) is 17.5 Å². The van der Waals surface area contributed by atoms with Gasteiger partial charge in [-0.2, -0.15) is 0 Å². The maximum absolute atomic E-state index is 4.55. The Morgan fingerprint density at radius 1 is 1.29 bits per heavy atom. The average molecular weight is 243 g/mol. The number of imidazole rings is 1. The quantitative estimate of drug-likeness (QED) is 0.767. The first-order chi connectivity index (χ1) is 8.35. The SMILES string of the molecule is CCc1cnc(Cc2nc3ccccc3[nH]2)s1. The van der Waals surface area contributed by atoms with Crippen molar-refractivity contribution in [3.8, 4) is 0 Å². The number of nitrogens with one attached hydrogen (secondary N) is 1. The van der Waals surface area contributed by atoms with E-state index in [4.69, 9.17) is 0 Å². The van der Waals surface area contributed by atoms with Gasteiger partial charge >= 0.3 is 0 Å². The Labute approximate surface area is 104 Å². The summed E-state index contributed by atoms with van der Waals surface area (Å²) >= 11 is 1.77. The number of thiazole rings is 1. The first-order valence-electron chi connectivity index (χ1n) is 5.72. The minimum Gasteiger partial charge on any atom is -0.342 e. The number of nitrogens with zero attached hydrogens (tertiary/aromatic N) is 2. The first-order valence-corrected chi connectivity index (χ1v) is 6.54. The molecule has 0 saturated heterocycles. The van der Waals surface area contributed by atoms with Gasteiger partial charge in [0, 0.05) is 11.1 Å². The second-order valence-electron chi connectivity index (χ2n) is 3.95. The van der Waals surface area contributed by atoms with Crippen molar-refractivity contribution in [3.63, 3.8) is 0 Å². The van der Waals surface area contributed by atoms with Gasteiger partial charge in [0.2, 0.25) is 0 Å². The first kappa shape index (κ1) is 10.5. The summed E-state index contributed by atoms with van der Waals surface area (Å²) in [5.41, 5.74) is 2.12. The predicted octanol–water partition coefficient (Wildman–Crippen LogP) is 3.17. The van der Waals surface area contributed by atoms with Gasteiger partial charge in [-0.15, -0.1) is 11.3 Å². The smallest absolute Gasteiger partial charge is 0.114 e. The topological polar surface area (TPSA) is 41.6 Å². The van der Waals surface area contributed by atoms with Crippen LogP contribution in [-0.2, 0) is 12.8 Å². The van der Waals surface area contributed by atoms with E-state index in [1.807, 2.05) is 30.5 Å². The normalized spacial score (nSPS) is 11.1. The van der Waals surface area contributed by atoms with E-state index in [-0.39, 0.29) is 0 Å². The van der Waals surface area contributed by atoms with Gasteiger partial charge in [-0.1, -0.05) is 19.1 Å². The summed E-state index contributed by atoms with van der Waals surface area (Å²) in [6.45, 7) is 2.15. The highest BCUT2D eigenvalue weighted by Gasteiger charge is 2.06. The van der Waals surface area contributed by atoms with Gasteiger partial charge in [-0.05, 0) is 18.6 Å². The lowest BCUT2D eigenvalue weighted by atomic mass is 10.3. The molecule has 3 rings (SSSR count). The monoisotopic (exact) mass is 243 g/mol. The fraction of sp³-hybridized carbons (Fsp3) is 0.231. The van der Waals surface area contributed by atoms with Crippen LogP contribution < -0.4 is 0 Å². The fourth-order valence-corrected chi connectivity index (χ4v) is 2.69. The highest BCUT2D eigenvalue weighted by Crippen LogP contribution is 2.18. The van der Waals surface area contributed by atoms with Gasteiger partial charge in [-0.25, -0.2) is 9.97 Å².